The van der Waals surface area contributed by atoms with Gasteiger partial charge in [-0.15, -0.1) is 17.9 Å². The number of benzene rings is 2. The lowest BCUT2D eigenvalue weighted by atomic mass is 9.86. The van der Waals surface area contributed by atoms with Gasteiger partial charge in [-0.05, 0) is 52.2 Å². The van der Waals surface area contributed by atoms with Crippen molar-refractivity contribution in [1.82, 2.24) is 5.32 Å². The van der Waals surface area contributed by atoms with Crippen LogP contribution in [0.3, 0.4) is 0 Å². The van der Waals surface area contributed by atoms with E-state index in [0.717, 1.165) is 49.6 Å². The molecule has 1 aromatic heterocycles. The zero-order valence-electron chi connectivity index (χ0n) is 17.8. The fraction of sp³-hybridized carbons (Fsp3) is 0.200. The van der Waals surface area contributed by atoms with E-state index in [1.807, 2.05) is 6.92 Å². The van der Waals surface area contributed by atoms with Crippen LogP contribution >= 0.6 is 11.3 Å². The third-order valence-electron chi connectivity index (χ3n) is 5.79. The number of hydrogen-bond donors (Lipinski definition) is 2. The van der Waals surface area contributed by atoms with Crippen LogP contribution in [-0.2, 0) is 24.4 Å². The van der Waals surface area contributed by atoms with Gasteiger partial charge in [-0.2, -0.15) is 5.26 Å². The quantitative estimate of drug-likeness (QED) is 0.447. The van der Waals surface area contributed by atoms with Crippen LogP contribution in [0.25, 0.3) is 33.6 Å². The number of nitrogens with two attached hydrogens (primary N) is 1. The van der Waals surface area contributed by atoms with Gasteiger partial charge in [0, 0.05) is 17.1 Å². The SMILES string of the molecule is C=CCN/C(N=C)=c1\c2c(c(-c3ccc(F)c4sc(N)c(C#N)c34)c(CC)c1=C)COC2. The Kier molecular flexibility index (Phi) is 5.83. The number of nitriles is 1. The van der Waals surface area contributed by atoms with Crippen LogP contribution in [0, 0.1) is 17.1 Å². The summed E-state index contributed by atoms with van der Waals surface area (Å²) < 4.78 is 20.9. The molecule has 0 aliphatic carbocycles. The molecule has 0 bridgehead atoms. The Balaban J connectivity index is 2.19. The smallest absolute Gasteiger partial charge is 0.141 e. The zero-order valence-corrected chi connectivity index (χ0v) is 18.7. The molecule has 162 valence electrons. The predicted octanol–water partition coefficient (Wildman–Crippen LogP) is 3.71. The number of halogens is 1. The van der Waals surface area contributed by atoms with Crippen LogP contribution in [0.4, 0.5) is 9.39 Å². The predicted molar refractivity (Wildman–Crippen MR) is 130 cm³/mol. The highest BCUT2D eigenvalue weighted by atomic mass is 32.1. The molecule has 4 rings (SSSR count). The number of nitrogens with one attached hydrogen (secondary N) is 1. The van der Waals surface area contributed by atoms with Crippen molar-refractivity contribution in [2.75, 3.05) is 12.3 Å². The van der Waals surface area contributed by atoms with Gasteiger partial charge in [-0.25, -0.2) is 9.38 Å². The lowest BCUT2D eigenvalue weighted by molar-refractivity contribution is 0.134. The van der Waals surface area contributed by atoms with Gasteiger partial charge in [-0.1, -0.05) is 25.6 Å². The number of rotatable bonds is 6. The van der Waals surface area contributed by atoms with E-state index in [9.17, 15) is 9.65 Å². The Morgan fingerprint density at radius 1 is 1.41 bits per heavy atom. The van der Waals surface area contributed by atoms with E-state index in [1.54, 1.807) is 12.1 Å². The standard InChI is InChI=1S/C25H23FN4OS/c1-5-9-30-25(29-4)20-13(3)14(6-2)21(18-12-31-11-17(18)20)15-7-8-19(26)23-22(15)16(10-27)24(28)32-23/h5,7-8,30H,1,3-4,6,9,11-12,28H2,2H3/b25-20-. The summed E-state index contributed by atoms with van der Waals surface area (Å²) in [6.45, 7) is 15.2. The fourth-order valence-corrected chi connectivity index (χ4v) is 5.39. The molecule has 0 atom stereocenters. The second kappa shape index (κ2) is 8.58. The van der Waals surface area contributed by atoms with Gasteiger partial charge in [0.05, 0.1) is 23.5 Å². The Morgan fingerprint density at radius 3 is 2.81 bits per heavy atom. The maximum absolute atomic E-state index is 14.7. The van der Waals surface area contributed by atoms with E-state index < -0.39 is 0 Å². The topological polar surface area (TPSA) is 83.4 Å². The highest BCUT2D eigenvalue weighted by Crippen LogP contribution is 2.43. The molecular weight excluding hydrogens is 423 g/mol. The molecule has 1 aliphatic heterocycles. The summed E-state index contributed by atoms with van der Waals surface area (Å²) in [4.78, 5) is 4.21. The van der Waals surface area contributed by atoms with Gasteiger partial charge in [0.1, 0.15) is 22.7 Å². The Labute approximate surface area is 189 Å². The Bertz CT molecular complexity index is 1430. The van der Waals surface area contributed by atoms with Gasteiger partial charge in [0.2, 0.25) is 0 Å². The van der Waals surface area contributed by atoms with E-state index in [1.165, 1.54) is 6.07 Å². The summed E-state index contributed by atoms with van der Waals surface area (Å²) in [5, 5.41) is 15.5. The molecule has 0 unspecified atom stereocenters. The molecule has 7 heteroatoms. The van der Waals surface area contributed by atoms with Gasteiger partial charge in [0.15, 0.2) is 0 Å². The molecule has 32 heavy (non-hydrogen) atoms. The van der Waals surface area contributed by atoms with Crippen molar-refractivity contribution >= 4 is 45.5 Å². The number of nitrogens with zero attached hydrogens (tertiary/aromatic N) is 2. The summed E-state index contributed by atoms with van der Waals surface area (Å²) in [5.74, 6) is 0.235. The number of aliphatic imine (C=N–C) groups is 1. The number of thiophene rings is 1. The minimum absolute atomic E-state index is 0.302. The van der Waals surface area contributed by atoms with Crippen molar-refractivity contribution in [3.05, 3.63) is 63.3 Å². The van der Waals surface area contributed by atoms with Crippen LogP contribution in [0.1, 0.15) is 29.2 Å². The van der Waals surface area contributed by atoms with Crippen LogP contribution in [0.5, 0.6) is 0 Å². The van der Waals surface area contributed by atoms with Gasteiger partial charge in [-0.3, -0.25) is 0 Å². The van der Waals surface area contributed by atoms with Crippen molar-refractivity contribution in [3.8, 4) is 17.2 Å². The summed E-state index contributed by atoms with van der Waals surface area (Å²) in [6, 6.07) is 5.32. The molecule has 3 aromatic rings. The minimum atomic E-state index is -0.389. The average molecular weight is 447 g/mol. The first-order valence-corrected chi connectivity index (χ1v) is 11.0. The largest absolute Gasteiger partial charge is 0.389 e. The van der Waals surface area contributed by atoms with Crippen molar-refractivity contribution in [1.29, 1.82) is 5.26 Å². The van der Waals surface area contributed by atoms with Crippen molar-refractivity contribution in [3.63, 3.8) is 0 Å². The van der Waals surface area contributed by atoms with Crippen molar-refractivity contribution in [2.24, 2.45) is 4.99 Å². The van der Waals surface area contributed by atoms with E-state index in [-0.39, 0.29) is 5.82 Å². The average Bonchev–Trinajstić information content (AvgIpc) is 3.40. The van der Waals surface area contributed by atoms with Crippen LogP contribution in [0.2, 0.25) is 0 Å². The molecule has 0 saturated heterocycles. The second-order valence-electron chi connectivity index (χ2n) is 7.44. The summed E-state index contributed by atoms with van der Waals surface area (Å²) in [5.41, 5.74) is 11.0. The Morgan fingerprint density at radius 2 is 2.16 bits per heavy atom. The second-order valence-corrected chi connectivity index (χ2v) is 8.49. The molecule has 0 radical (unpaired) electrons. The molecule has 1 aliphatic rings. The number of hydrogen-bond acceptors (Lipinski definition) is 6. The fourth-order valence-electron chi connectivity index (χ4n) is 4.44. The number of ether oxygens (including phenoxy) is 1. The third-order valence-corrected chi connectivity index (χ3v) is 6.82. The zero-order chi connectivity index (χ0) is 23.0. The van der Waals surface area contributed by atoms with Crippen LogP contribution in [0.15, 0.2) is 29.8 Å². The van der Waals surface area contributed by atoms with Gasteiger partial charge < -0.3 is 15.8 Å². The normalized spacial score (nSPS) is 13.5. The third kappa shape index (κ3) is 3.20. The molecule has 5 nitrogen and oxygen atoms in total. The number of fused-ring (bicyclic) bond motifs is 2. The van der Waals surface area contributed by atoms with Gasteiger partial charge in [0.25, 0.3) is 0 Å². The van der Waals surface area contributed by atoms with Gasteiger partial charge >= 0.3 is 0 Å². The first kappa shape index (κ1) is 21.8. The summed E-state index contributed by atoms with van der Waals surface area (Å²) >= 11 is 1.10. The first-order chi connectivity index (χ1) is 15.5. The number of nitrogen functional groups attached to an aromatic ring is 1. The molecule has 0 fully saturated rings. The number of anilines is 1. The maximum Gasteiger partial charge on any atom is 0.141 e. The van der Waals surface area contributed by atoms with E-state index in [2.05, 4.69) is 36.3 Å². The minimum Gasteiger partial charge on any atom is -0.389 e. The van der Waals surface area contributed by atoms with E-state index >= 15 is 0 Å². The molecule has 0 saturated carbocycles. The summed E-state index contributed by atoms with van der Waals surface area (Å²) in [7, 11) is 0. The lowest BCUT2D eigenvalue weighted by Gasteiger charge is -2.18. The maximum atomic E-state index is 14.7. The van der Waals surface area contributed by atoms with E-state index in [4.69, 9.17) is 10.5 Å². The lowest BCUT2D eigenvalue weighted by Crippen LogP contribution is -2.37. The highest BCUT2D eigenvalue weighted by molar-refractivity contribution is 7.23. The molecule has 2 heterocycles. The molecule has 0 amide bonds. The van der Waals surface area contributed by atoms with Crippen LogP contribution < -0.4 is 21.5 Å². The van der Waals surface area contributed by atoms with Crippen molar-refractivity contribution in [2.45, 2.75) is 26.6 Å². The first-order valence-electron chi connectivity index (χ1n) is 10.2. The van der Waals surface area contributed by atoms with Crippen molar-refractivity contribution < 1.29 is 9.13 Å². The molecule has 3 N–H and O–H groups in total. The summed E-state index contributed by atoms with van der Waals surface area (Å²) in [6.07, 6.45) is 2.43. The molecule has 0 spiro atoms. The molecular formula is C25H23FN4OS. The highest BCUT2D eigenvalue weighted by Gasteiger charge is 2.26. The Hall–Kier alpha value is -3.47. The molecule has 2 aromatic carbocycles. The van der Waals surface area contributed by atoms with E-state index in [0.29, 0.717) is 52.7 Å². The van der Waals surface area contributed by atoms with Crippen LogP contribution in [-0.4, -0.2) is 13.3 Å². The monoisotopic (exact) mass is 446 g/mol.